The highest BCUT2D eigenvalue weighted by Crippen LogP contribution is 2.26. The number of hydrogen-bond donors (Lipinski definition) is 0. The Morgan fingerprint density at radius 1 is 0.581 bits per heavy atom. The van der Waals surface area contributed by atoms with E-state index in [-0.39, 0.29) is 22.6 Å². The number of hydrazine groups is 1. The standard InChI is InChI=1S/C27H38N2O2/c1-25(2,3)21-15-11-19(12-16-21)23(30)28(10)29(27(7,8)9)24(31)20-13-17-22(18-14-20)26(4,5)6/h11-18H,1-10H3. The molecule has 0 heterocycles. The number of carbonyl (C=O) groups is 2. The number of rotatable bonds is 2. The summed E-state index contributed by atoms with van der Waals surface area (Å²) in [5.41, 5.74) is 2.89. The number of amides is 2. The molecule has 0 spiro atoms. The quantitative estimate of drug-likeness (QED) is 0.540. The van der Waals surface area contributed by atoms with Crippen molar-refractivity contribution in [1.82, 2.24) is 10.0 Å². The molecular formula is C27H38N2O2. The Bertz CT molecular complexity index is 922. The summed E-state index contributed by atoms with van der Waals surface area (Å²) >= 11 is 0. The van der Waals surface area contributed by atoms with Gasteiger partial charge in [-0.05, 0) is 67.0 Å². The third-order valence-corrected chi connectivity index (χ3v) is 5.42. The van der Waals surface area contributed by atoms with E-state index in [0.717, 1.165) is 11.1 Å². The molecule has 0 aliphatic rings. The normalized spacial score (nSPS) is 12.5. The smallest absolute Gasteiger partial charge is 0.267 e. The third-order valence-electron chi connectivity index (χ3n) is 5.42. The molecule has 0 saturated heterocycles. The zero-order valence-corrected chi connectivity index (χ0v) is 20.8. The summed E-state index contributed by atoms with van der Waals surface area (Å²) in [6, 6.07) is 15.3. The molecule has 0 saturated carbocycles. The van der Waals surface area contributed by atoms with Crippen molar-refractivity contribution in [2.75, 3.05) is 7.05 Å². The average Bonchev–Trinajstić information content (AvgIpc) is 2.65. The fraction of sp³-hybridized carbons (Fsp3) is 0.481. The van der Waals surface area contributed by atoms with Crippen LogP contribution >= 0.6 is 0 Å². The van der Waals surface area contributed by atoms with Crippen molar-refractivity contribution >= 4 is 11.8 Å². The highest BCUT2D eigenvalue weighted by molar-refractivity contribution is 5.99. The largest absolute Gasteiger partial charge is 0.272 e. The second-order valence-corrected chi connectivity index (χ2v) is 11.3. The maximum absolute atomic E-state index is 13.4. The van der Waals surface area contributed by atoms with Crippen molar-refractivity contribution in [3.05, 3.63) is 70.8 Å². The molecule has 168 valence electrons. The highest BCUT2D eigenvalue weighted by atomic mass is 16.2. The molecule has 0 aliphatic carbocycles. The fourth-order valence-corrected chi connectivity index (χ4v) is 3.52. The first-order valence-electron chi connectivity index (χ1n) is 10.9. The Labute approximate surface area is 188 Å². The lowest BCUT2D eigenvalue weighted by molar-refractivity contribution is -0.0308. The number of hydrogen-bond acceptors (Lipinski definition) is 2. The van der Waals surface area contributed by atoms with E-state index in [9.17, 15) is 9.59 Å². The van der Waals surface area contributed by atoms with E-state index in [1.165, 1.54) is 5.01 Å². The Kier molecular flexibility index (Phi) is 6.75. The molecule has 0 radical (unpaired) electrons. The van der Waals surface area contributed by atoms with Crippen LogP contribution in [-0.4, -0.2) is 34.4 Å². The monoisotopic (exact) mass is 422 g/mol. The summed E-state index contributed by atoms with van der Waals surface area (Å²) in [4.78, 5) is 26.7. The summed E-state index contributed by atoms with van der Waals surface area (Å²) in [7, 11) is 1.66. The fourth-order valence-electron chi connectivity index (χ4n) is 3.52. The Hall–Kier alpha value is -2.62. The van der Waals surface area contributed by atoms with Crippen LogP contribution in [0.3, 0.4) is 0 Å². The summed E-state index contributed by atoms with van der Waals surface area (Å²) < 4.78 is 0. The molecule has 0 unspecified atom stereocenters. The zero-order valence-electron chi connectivity index (χ0n) is 20.8. The molecular weight excluding hydrogens is 384 g/mol. The first kappa shape index (κ1) is 24.6. The van der Waals surface area contributed by atoms with Crippen LogP contribution in [0.5, 0.6) is 0 Å². The molecule has 0 fully saturated rings. The van der Waals surface area contributed by atoms with E-state index < -0.39 is 5.54 Å². The summed E-state index contributed by atoms with van der Waals surface area (Å²) in [6.45, 7) is 18.6. The van der Waals surface area contributed by atoms with Crippen molar-refractivity contribution in [2.45, 2.75) is 78.7 Å². The molecule has 0 atom stereocenters. The van der Waals surface area contributed by atoms with Gasteiger partial charge in [-0.2, -0.15) is 0 Å². The predicted molar refractivity (Wildman–Crippen MR) is 128 cm³/mol. The Morgan fingerprint density at radius 3 is 1.19 bits per heavy atom. The lowest BCUT2D eigenvalue weighted by atomic mass is 9.86. The molecule has 0 aromatic heterocycles. The van der Waals surface area contributed by atoms with Gasteiger partial charge in [0.2, 0.25) is 0 Å². The van der Waals surface area contributed by atoms with Crippen LogP contribution in [0.25, 0.3) is 0 Å². The second-order valence-electron chi connectivity index (χ2n) is 11.3. The van der Waals surface area contributed by atoms with E-state index >= 15 is 0 Å². The van der Waals surface area contributed by atoms with Crippen LogP contribution in [0.1, 0.15) is 94.2 Å². The molecule has 0 N–H and O–H groups in total. The van der Waals surface area contributed by atoms with Gasteiger partial charge in [-0.15, -0.1) is 0 Å². The van der Waals surface area contributed by atoms with Crippen LogP contribution in [0.15, 0.2) is 48.5 Å². The van der Waals surface area contributed by atoms with Crippen LogP contribution < -0.4 is 0 Å². The molecule has 2 aromatic rings. The molecule has 2 amide bonds. The Balaban J connectivity index is 2.35. The summed E-state index contributed by atoms with van der Waals surface area (Å²) in [5, 5.41) is 2.98. The summed E-state index contributed by atoms with van der Waals surface area (Å²) in [5.74, 6) is -0.412. The highest BCUT2D eigenvalue weighted by Gasteiger charge is 2.34. The van der Waals surface area contributed by atoms with Gasteiger partial charge < -0.3 is 0 Å². The molecule has 2 aromatic carbocycles. The van der Waals surface area contributed by atoms with Gasteiger partial charge in [-0.3, -0.25) is 9.59 Å². The van der Waals surface area contributed by atoms with Crippen LogP contribution in [0.2, 0.25) is 0 Å². The Morgan fingerprint density at radius 2 is 0.903 bits per heavy atom. The van der Waals surface area contributed by atoms with E-state index in [1.54, 1.807) is 12.1 Å². The molecule has 4 heteroatoms. The van der Waals surface area contributed by atoms with Gasteiger partial charge in [0.15, 0.2) is 0 Å². The maximum atomic E-state index is 13.4. The lowest BCUT2D eigenvalue weighted by Gasteiger charge is -2.41. The van der Waals surface area contributed by atoms with Crippen LogP contribution in [-0.2, 0) is 10.8 Å². The minimum absolute atomic E-state index is 0.0112. The van der Waals surface area contributed by atoms with Crippen molar-refractivity contribution in [2.24, 2.45) is 0 Å². The zero-order chi connectivity index (χ0) is 23.8. The van der Waals surface area contributed by atoms with E-state index in [1.807, 2.05) is 69.3 Å². The number of carbonyl (C=O) groups excluding carboxylic acids is 2. The molecule has 4 nitrogen and oxygen atoms in total. The van der Waals surface area contributed by atoms with Gasteiger partial charge in [0.25, 0.3) is 11.8 Å². The summed E-state index contributed by atoms with van der Waals surface area (Å²) in [6.07, 6.45) is 0. The first-order valence-corrected chi connectivity index (χ1v) is 10.9. The van der Waals surface area contributed by atoms with Crippen molar-refractivity contribution in [3.63, 3.8) is 0 Å². The second kappa shape index (κ2) is 8.49. The minimum Gasteiger partial charge on any atom is -0.267 e. The maximum Gasteiger partial charge on any atom is 0.272 e. The minimum atomic E-state index is -0.574. The molecule has 0 aliphatic heterocycles. The van der Waals surface area contributed by atoms with Gasteiger partial charge in [0.05, 0.1) is 5.54 Å². The van der Waals surface area contributed by atoms with Crippen LogP contribution in [0, 0.1) is 0 Å². The average molecular weight is 423 g/mol. The molecule has 0 bridgehead atoms. The van der Waals surface area contributed by atoms with Gasteiger partial charge in [-0.25, -0.2) is 10.0 Å². The third kappa shape index (κ3) is 5.75. The molecule has 31 heavy (non-hydrogen) atoms. The van der Waals surface area contributed by atoms with Gasteiger partial charge in [0.1, 0.15) is 0 Å². The first-order chi connectivity index (χ1) is 14.0. The van der Waals surface area contributed by atoms with Crippen molar-refractivity contribution in [1.29, 1.82) is 0 Å². The van der Waals surface area contributed by atoms with E-state index in [4.69, 9.17) is 0 Å². The van der Waals surface area contributed by atoms with Gasteiger partial charge in [0, 0.05) is 18.2 Å². The lowest BCUT2D eigenvalue weighted by Crippen LogP contribution is -2.56. The predicted octanol–water partition coefficient (Wildman–Crippen LogP) is 6.21. The topological polar surface area (TPSA) is 40.6 Å². The number of nitrogens with zero attached hydrogens (tertiary/aromatic N) is 2. The van der Waals surface area contributed by atoms with Crippen molar-refractivity contribution in [3.8, 4) is 0 Å². The van der Waals surface area contributed by atoms with Crippen molar-refractivity contribution < 1.29 is 9.59 Å². The van der Waals surface area contributed by atoms with Gasteiger partial charge in [-0.1, -0.05) is 65.8 Å². The van der Waals surface area contributed by atoms with E-state index in [0.29, 0.717) is 11.1 Å². The number of benzene rings is 2. The van der Waals surface area contributed by atoms with E-state index in [2.05, 4.69) is 41.5 Å². The van der Waals surface area contributed by atoms with Crippen LogP contribution in [0.4, 0.5) is 0 Å². The molecule has 2 rings (SSSR count). The SMILES string of the molecule is CN(C(=O)c1ccc(C(C)(C)C)cc1)N(C(=O)c1ccc(C(C)(C)C)cc1)C(C)(C)C. The van der Waals surface area contributed by atoms with Gasteiger partial charge >= 0.3 is 0 Å².